The van der Waals surface area contributed by atoms with Crippen molar-refractivity contribution in [3.8, 4) is 45.2 Å². The van der Waals surface area contributed by atoms with E-state index < -0.39 is 28.8 Å². The lowest BCUT2D eigenvalue weighted by atomic mass is 10.1. The first-order valence-electron chi connectivity index (χ1n) is 29.4. The first-order valence-corrected chi connectivity index (χ1v) is 31.1. The van der Waals surface area contributed by atoms with E-state index in [0.29, 0.717) is 43.6 Å². The zero-order valence-corrected chi connectivity index (χ0v) is 53.3. The van der Waals surface area contributed by atoms with Gasteiger partial charge in [-0.2, -0.15) is 0 Å². The average molecular weight is 1270 g/mol. The first-order chi connectivity index (χ1) is 43.9. The van der Waals surface area contributed by atoms with Gasteiger partial charge in [0.25, 0.3) is 0 Å². The molecule has 470 valence electrons. The van der Waals surface area contributed by atoms with Crippen LogP contribution in [0.15, 0.2) is 165 Å². The van der Waals surface area contributed by atoms with Gasteiger partial charge in [-0.25, -0.2) is 24.4 Å². The number of thiazole rings is 2. The van der Waals surface area contributed by atoms with E-state index in [4.69, 9.17) is 33.3 Å². The number of esters is 2. The average Bonchev–Trinajstić information content (AvgIpc) is 1.82. The van der Waals surface area contributed by atoms with Gasteiger partial charge in [0.15, 0.2) is 26.5 Å². The molecule has 0 unspecified atom stereocenters. The van der Waals surface area contributed by atoms with Gasteiger partial charge in [-0.1, -0.05) is 46.9 Å². The number of pyridine rings is 2. The van der Waals surface area contributed by atoms with Crippen molar-refractivity contribution in [1.29, 1.82) is 0 Å². The third-order valence-corrected chi connectivity index (χ3v) is 17.2. The molecule has 21 nitrogen and oxygen atoms in total. The number of morpholine rings is 2. The minimum absolute atomic E-state index is 0.00363. The number of carbonyl (C=O) groups is 3. The molecule has 0 aliphatic carbocycles. The molecule has 2 fully saturated rings. The van der Waals surface area contributed by atoms with Gasteiger partial charge >= 0.3 is 17.9 Å². The van der Waals surface area contributed by atoms with Crippen LogP contribution in [0.25, 0.3) is 65.6 Å². The smallest absolute Gasteiger partial charge is 0.345 e. The van der Waals surface area contributed by atoms with Crippen molar-refractivity contribution < 1.29 is 42.9 Å². The predicted molar refractivity (Wildman–Crippen MR) is 360 cm³/mol. The quantitative estimate of drug-likeness (QED) is 0.0942. The molecule has 5 aromatic carbocycles. The van der Waals surface area contributed by atoms with E-state index in [1.54, 1.807) is 47.3 Å². The molecule has 91 heavy (non-hydrogen) atoms. The maximum atomic E-state index is 12.9. The van der Waals surface area contributed by atoms with Crippen molar-refractivity contribution in [3.05, 3.63) is 193 Å². The number of hydrogen-bond acceptors (Lipinski definition) is 20. The topological polar surface area (TPSA) is 225 Å². The van der Waals surface area contributed by atoms with Crippen LogP contribution in [0.3, 0.4) is 0 Å². The standard InChI is InChI=1S/C27H28N4O4S.C25H24N4O4S.C16H17NO4/c1-4-35-26(33)21-17-31(23(16-24(21)32)18-5-7-19(8-6-18)29(2)3)20-9-10-22-25(15-20)36-27(28-22)30-11-13-34-14-12-30;1-27(2)17-5-3-16(4-6-17)21-14-22(30)19(24(31)32)15-29(21)18-7-8-20-23(13-18)34-25(26-20)28-9-11-33-12-10-28;1-4-20-16(19)13-10-21-15(9-14(13)18)11-5-7-12(8-6-11)17(2)3/h5-10,15-17H,4,11-14H2,1-3H3;3-8,13-15H,9-12H2,1-2H3,(H,31,32);5-10H,4H2,1-3H3. The summed E-state index contributed by atoms with van der Waals surface area (Å²) in [6.45, 7) is 9.85. The molecule has 0 radical (unpaired) electrons. The Bertz CT molecular complexity index is 4430. The molecule has 2 saturated heterocycles. The van der Waals surface area contributed by atoms with Gasteiger partial charge in [-0.05, 0) is 110 Å². The van der Waals surface area contributed by atoms with Gasteiger partial charge < -0.3 is 62.1 Å². The number of anilines is 5. The maximum absolute atomic E-state index is 12.9. The van der Waals surface area contributed by atoms with E-state index >= 15 is 0 Å². The lowest BCUT2D eigenvalue weighted by Gasteiger charge is -2.25. The van der Waals surface area contributed by atoms with Gasteiger partial charge in [0.05, 0.1) is 71.5 Å². The first kappa shape index (κ1) is 64.1. The van der Waals surface area contributed by atoms with Crippen LogP contribution in [0.2, 0.25) is 0 Å². The zero-order chi connectivity index (χ0) is 64.5. The van der Waals surface area contributed by atoms with Gasteiger partial charge in [0.2, 0.25) is 0 Å². The Kier molecular flexibility index (Phi) is 20.2. The summed E-state index contributed by atoms with van der Waals surface area (Å²) in [6, 6.07) is 39.4. The predicted octanol–water partition coefficient (Wildman–Crippen LogP) is 10.5. The maximum Gasteiger partial charge on any atom is 0.345 e. The Morgan fingerprint density at radius 2 is 0.890 bits per heavy atom. The number of rotatable bonds is 15. The minimum atomic E-state index is -1.25. The number of ether oxygens (including phenoxy) is 4. The number of aromatic nitrogens is 4. The van der Waals surface area contributed by atoms with E-state index in [2.05, 4.69) is 9.80 Å². The van der Waals surface area contributed by atoms with E-state index in [1.807, 2.05) is 171 Å². The van der Waals surface area contributed by atoms with E-state index in [0.717, 1.165) is 108 Å². The van der Waals surface area contributed by atoms with Crippen LogP contribution < -0.4 is 40.8 Å². The number of hydrogen-bond donors (Lipinski definition) is 1. The molecule has 7 heterocycles. The summed E-state index contributed by atoms with van der Waals surface area (Å²) in [5.41, 5.74) is 8.62. The molecule has 10 aromatic rings. The fourth-order valence-corrected chi connectivity index (χ4v) is 12.1. The summed E-state index contributed by atoms with van der Waals surface area (Å²) in [5, 5.41) is 11.5. The van der Waals surface area contributed by atoms with Crippen LogP contribution in [-0.4, -0.2) is 150 Å². The Morgan fingerprint density at radius 3 is 1.29 bits per heavy atom. The lowest BCUT2D eigenvalue weighted by Crippen LogP contribution is -2.36. The Balaban J connectivity index is 0.000000155. The fourth-order valence-electron chi connectivity index (χ4n) is 10.0. The van der Waals surface area contributed by atoms with E-state index in [-0.39, 0.29) is 35.3 Å². The molecule has 0 amide bonds. The highest BCUT2D eigenvalue weighted by Crippen LogP contribution is 2.35. The monoisotopic (exact) mass is 1270 g/mol. The van der Waals surface area contributed by atoms with Crippen LogP contribution in [0.4, 0.5) is 27.3 Å². The van der Waals surface area contributed by atoms with Crippen molar-refractivity contribution in [2.75, 3.05) is 133 Å². The molecule has 0 spiro atoms. The summed E-state index contributed by atoms with van der Waals surface area (Å²) in [7, 11) is 11.8. The summed E-state index contributed by atoms with van der Waals surface area (Å²) in [5.74, 6) is -2.12. The molecule has 23 heteroatoms. The molecule has 0 bridgehead atoms. The molecule has 5 aromatic heterocycles. The van der Waals surface area contributed by atoms with Crippen molar-refractivity contribution in [3.63, 3.8) is 0 Å². The molecule has 2 aliphatic heterocycles. The van der Waals surface area contributed by atoms with E-state index in [9.17, 15) is 33.9 Å². The molecular weight excluding hydrogens is 1200 g/mol. The zero-order valence-electron chi connectivity index (χ0n) is 51.7. The Labute approximate surface area is 532 Å². The molecule has 12 rings (SSSR count). The van der Waals surface area contributed by atoms with Gasteiger partial charge in [0.1, 0.15) is 28.7 Å². The van der Waals surface area contributed by atoms with Crippen molar-refractivity contribution in [2.24, 2.45) is 0 Å². The highest BCUT2D eigenvalue weighted by molar-refractivity contribution is 7.22. The Morgan fingerprint density at radius 1 is 0.505 bits per heavy atom. The number of carboxylic acids is 1. The molecule has 0 saturated carbocycles. The normalized spacial score (nSPS) is 13.0. The largest absolute Gasteiger partial charge is 0.477 e. The summed E-state index contributed by atoms with van der Waals surface area (Å²) in [4.78, 5) is 93.3. The van der Waals surface area contributed by atoms with E-state index in [1.165, 1.54) is 24.4 Å². The summed E-state index contributed by atoms with van der Waals surface area (Å²) < 4.78 is 31.9. The van der Waals surface area contributed by atoms with Gasteiger partial charge in [-0.3, -0.25) is 14.4 Å². The second-order valence-corrected chi connectivity index (χ2v) is 23.7. The van der Waals surface area contributed by atoms with Crippen molar-refractivity contribution in [2.45, 2.75) is 13.8 Å². The second-order valence-electron chi connectivity index (χ2n) is 21.7. The second kappa shape index (κ2) is 28.7. The summed E-state index contributed by atoms with van der Waals surface area (Å²) in [6.07, 6.45) is 4.14. The molecule has 2 aliphatic rings. The lowest BCUT2D eigenvalue weighted by molar-refractivity contribution is 0.0513. The third kappa shape index (κ3) is 14.9. The number of carbonyl (C=O) groups excluding carboxylic acids is 2. The number of aromatic carboxylic acids is 1. The fraction of sp³-hybridized carbons (Fsp3) is 0.265. The van der Waals surface area contributed by atoms with Crippen molar-refractivity contribution in [1.82, 2.24) is 19.1 Å². The third-order valence-electron chi connectivity index (χ3n) is 15.0. The number of nitrogens with zero attached hydrogens (tertiary/aromatic N) is 9. The Hall–Kier alpha value is -9.94. The summed E-state index contributed by atoms with van der Waals surface area (Å²) >= 11 is 3.22. The van der Waals surface area contributed by atoms with Crippen molar-refractivity contribution >= 4 is 88.3 Å². The van der Waals surface area contributed by atoms with Crippen LogP contribution in [-0.2, 0) is 18.9 Å². The minimum Gasteiger partial charge on any atom is -0.477 e. The SMILES string of the molecule is CCOC(=O)c1cn(-c2ccc3nc(N4CCOCC4)sc3c2)c(-c2ccc(N(C)C)cc2)cc1=O.CCOC(=O)c1coc(-c2ccc(N(C)C)cc2)cc1=O.CN(C)c1ccc(-c2cc(=O)c(C(=O)O)cn2-c2ccc3nc(N4CCOCC4)sc3c2)cc1. The number of carboxylic acid groups (broad SMARTS) is 1. The van der Waals surface area contributed by atoms with Crippen LogP contribution in [0, 0.1) is 0 Å². The molecule has 0 atom stereocenters. The van der Waals surface area contributed by atoms with Crippen LogP contribution in [0.5, 0.6) is 0 Å². The highest BCUT2D eigenvalue weighted by Gasteiger charge is 2.22. The van der Waals surface area contributed by atoms with Gasteiger partial charge in [0, 0.05) is 133 Å². The highest BCUT2D eigenvalue weighted by atomic mass is 32.1. The van der Waals surface area contributed by atoms with Gasteiger partial charge in [-0.15, -0.1) is 0 Å². The van der Waals surface area contributed by atoms with Crippen LogP contribution >= 0.6 is 22.7 Å². The molecule has 1 N–H and O–H groups in total. The number of fused-ring (bicyclic) bond motifs is 2. The molecular formula is C68H69N9O12S2. The number of benzene rings is 5. The van der Waals surface area contributed by atoms with Crippen LogP contribution in [0.1, 0.15) is 44.9 Å².